The Morgan fingerprint density at radius 1 is 1.00 bits per heavy atom. The van der Waals surface area contributed by atoms with Crippen molar-refractivity contribution in [1.82, 2.24) is 10.6 Å². The minimum Gasteiger partial charge on any atom is -0.466 e. The number of benzene rings is 1. The van der Waals surface area contributed by atoms with Crippen LogP contribution in [0.5, 0.6) is 0 Å². The third kappa shape index (κ3) is 9.25. The van der Waals surface area contributed by atoms with Crippen LogP contribution in [0, 0.1) is 11.3 Å². The second kappa shape index (κ2) is 13.8. The van der Waals surface area contributed by atoms with Crippen LogP contribution in [0.4, 0.5) is 4.79 Å². The maximum atomic E-state index is 13.8. The summed E-state index contributed by atoms with van der Waals surface area (Å²) in [6.07, 6.45) is 5.20. The van der Waals surface area contributed by atoms with E-state index in [1.165, 1.54) is 0 Å². The zero-order valence-electron chi connectivity index (χ0n) is 23.8. The van der Waals surface area contributed by atoms with Gasteiger partial charge in [0, 0.05) is 6.04 Å². The van der Waals surface area contributed by atoms with E-state index in [9.17, 15) is 19.2 Å². The zero-order chi connectivity index (χ0) is 28.5. The molecule has 2 fully saturated rings. The average molecular weight is 545 g/mol. The highest BCUT2D eigenvalue weighted by molar-refractivity contribution is 5.86. The number of nitrogens with one attached hydrogen (secondary N) is 2. The first-order chi connectivity index (χ1) is 18.5. The van der Waals surface area contributed by atoms with Crippen molar-refractivity contribution >= 4 is 23.9 Å². The number of esters is 2. The number of rotatable bonds is 10. The number of alkyl carbamates (subject to hydrolysis) is 1. The van der Waals surface area contributed by atoms with Crippen LogP contribution in [0.2, 0.25) is 0 Å². The fraction of sp³-hybridized carbons (Fsp3) is 0.667. The number of ether oxygens (including phenoxy) is 3. The highest BCUT2D eigenvalue weighted by Crippen LogP contribution is 2.43. The molecule has 2 N–H and O–H groups in total. The number of carbonyl (C=O) groups excluding carboxylic acids is 4. The largest absolute Gasteiger partial charge is 0.466 e. The fourth-order valence-electron chi connectivity index (χ4n) is 5.57. The Kier molecular flexibility index (Phi) is 10.8. The van der Waals surface area contributed by atoms with Crippen molar-refractivity contribution in [2.45, 2.75) is 110 Å². The van der Waals surface area contributed by atoms with Crippen LogP contribution in [-0.2, 0) is 35.2 Å². The Hall–Kier alpha value is -3.10. The molecular formula is C30H44N2O7. The summed E-state index contributed by atoms with van der Waals surface area (Å²) >= 11 is 0. The minimum absolute atomic E-state index is 0.0582. The molecule has 2 aliphatic carbocycles. The topological polar surface area (TPSA) is 120 Å². The van der Waals surface area contributed by atoms with Gasteiger partial charge in [0.25, 0.3) is 0 Å². The molecule has 1 aromatic carbocycles. The third-order valence-electron chi connectivity index (χ3n) is 7.46. The molecule has 0 aliphatic heterocycles. The van der Waals surface area contributed by atoms with Gasteiger partial charge in [-0.25, -0.2) is 9.59 Å². The first-order valence-corrected chi connectivity index (χ1v) is 14.2. The smallest absolute Gasteiger partial charge is 0.408 e. The molecule has 2 aliphatic rings. The van der Waals surface area contributed by atoms with Gasteiger partial charge < -0.3 is 24.8 Å². The second-order valence-electron chi connectivity index (χ2n) is 11.8. The summed E-state index contributed by atoms with van der Waals surface area (Å²) in [5, 5.41) is 5.86. The normalized spacial score (nSPS) is 21.3. The molecule has 1 aromatic rings. The van der Waals surface area contributed by atoms with Gasteiger partial charge in [0.1, 0.15) is 18.2 Å². The zero-order valence-corrected chi connectivity index (χ0v) is 23.8. The van der Waals surface area contributed by atoms with Crippen LogP contribution in [0.15, 0.2) is 30.3 Å². The predicted molar refractivity (Wildman–Crippen MR) is 145 cm³/mol. The van der Waals surface area contributed by atoms with Gasteiger partial charge in [-0.05, 0) is 71.8 Å². The summed E-state index contributed by atoms with van der Waals surface area (Å²) in [6, 6.07) is 8.08. The van der Waals surface area contributed by atoms with Gasteiger partial charge in [0.2, 0.25) is 5.91 Å². The van der Waals surface area contributed by atoms with Gasteiger partial charge >= 0.3 is 18.0 Å². The van der Waals surface area contributed by atoms with E-state index in [1.807, 2.05) is 30.3 Å². The Balaban J connectivity index is 1.70. The molecule has 0 radical (unpaired) electrons. The van der Waals surface area contributed by atoms with Crippen LogP contribution in [0.3, 0.4) is 0 Å². The van der Waals surface area contributed by atoms with E-state index in [0.29, 0.717) is 25.9 Å². The quantitative estimate of drug-likeness (QED) is 0.320. The van der Waals surface area contributed by atoms with Crippen molar-refractivity contribution < 1.29 is 33.4 Å². The minimum atomic E-state index is -1.05. The highest BCUT2D eigenvalue weighted by atomic mass is 16.6. The summed E-state index contributed by atoms with van der Waals surface area (Å²) < 4.78 is 16.2. The van der Waals surface area contributed by atoms with E-state index in [0.717, 1.165) is 37.7 Å². The number of amides is 2. The van der Waals surface area contributed by atoms with Gasteiger partial charge in [0.15, 0.2) is 0 Å². The van der Waals surface area contributed by atoms with E-state index >= 15 is 0 Å². The van der Waals surface area contributed by atoms with E-state index < -0.39 is 29.1 Å². The third-order valence-corrected chi connectivity index (χ3v) is 7.46. The van der Waals surface area contributed by atoms with Crippen LogP contribution in [0.1, 0.15) is 91.0 Å². The molecule has 3 atom stereocenters. The van der Waals surface area contributed by atoms with Crippen LogP contribution in [-0.4, -0.2) is 48.2 Å². The van der Waals surface area contributed by atoms with Crippen molar-refractivity contribution in [3.05, 3.63) is 35.9 Å². The summed E-state index contributed by atoms with van der Waals surface area (Å²) in [6.45, 7) is 7.46. The van der Waals surface area contributed by atoms with Gasteiger partial charge in [0.05, 0.1) is 17.9 Å². The molecule has 9 nitrogen and oxygen atoms in total. The number of hydrogen-bond acceptors (Lipinski definition) is 7. The standard InChI is InChI=1S/C30H44N2O7/c1-5-37-25(33)22-14-11-15-23(18-22)31-27(35)30(16-9-10-17-30)19-24(26(34)39-29(2,3)4)32-28(36)38-20-21-12-7-6-8-13-21/h6-8,12-13,22-24H,5,9-11,14-20H2,1-4H3,(H,31,35)(H,32,36). The Labute approximate surface area is 231 Å². The molecule has 2 amide bonds. The van der Waals surface area contributed by atoms with Gasteiger partial charge in [-0.1, -0.05) is 49.6 Å². The van der Waals surface area contributed by atoms with E-state index in [4.69, 9.17) is 14.2 Å². The van der Waals surface area contributed by atoms with E-state index in [1.54, 1.807) is 27.7 Å². The van der Waals surface area contributed by atoms with Crippen molar-refractivity contribution in [3.8, 4) is 0 Å². The summed E-state index contributed by atoms with van der Waals surface area (Å²) in [5.74, 6) is -1.17. The average Bonchev–Trinajstić information content (AvgIpc) is 3.37. The maximum absolute atomic E-state index is 13.8. The summed E-state index contributed by atoms with van der Waals surface area (Å²) in [4.78, 5) is 52.0. The molecular weight excluding hydrogens is 500 g/mol. The molecule has 3 rings (SSSR count). The van der Waals surface area contributed by atoms with Gasteiger partial charge in [-0.15, -0.1) is 0 Å². The molecule has 2 saturated carbocycles. The van der Waals surface area contributed by atoms with Crippen molar-refractivity contribution in [3.63, 3.8) is 0 Å². The molecule has 0 spiro atoms. The van der Waals surface area contributed by atoms with E-state index in [-0.39, 0.29) is 36.9 Å². The molecule has 216 valence electrons. The lowest BCUT2D eigenvalue weighted by Crippen LogP contribution is -2.52. The maximum Gasteiger partial charge on any atom is 0.408 e. The molecule has 3 unspecified atom stereocenters. The van der Waals surface area contributed by atoms with Crippen molar-refractivity contribution in [2.24, 2.45) is 11.3 Å². The van der Waals surface area contributed by atoms with Gasteiger partial charge in [-0.3, -0.25) is 9.59 Å². The van der Waals surface area contributed by atoms with Crippen molar-refractivity contribution in [1.29, 1.82) is 0 Å². The Bertz CT molecular complexity index is 983. The van der Waals surface area contributed by atoms with Crippen LogP contribution >= 0.6 is 0 Å². The Morgan fingerprint density at radius 3 is 2.33 bits per heavy atom. The fourth-order valence-corrected chi connectivity index (χ4v) is 5.57. The van der Waals surface area contributed by atoms with E-state index in [2.05, 4.69) is 10.6 Å². The molecule has 0 bridgehead atoms. The number of hydrogen-bond donors (Lipinski definition) is 2. The predicted octanol–water partition coefficient (Wildman–Crippen LogP) is 4.81. The lowest BCUT2D eigenvalue weighted by Gasteiger charge is -2.35. The summed E-state index contributed by atoms with van der Waals surface area (Å²) in [7, 11) is 0. The van der Waals surface area contributed by atoms with Gasteiger partial charge in [-0.2, -0.15) is 0 Å². The molecule has 39 heavy (non-hydrogen) atoms. The molecule has 0 heterocycles. The monoisotopic (exact) mass is 544 g/mol. The molecule has 0 aromatic heterocycles. The lowest BCUT2D eigenvalue weighted by molar-refractivity contribution is -0.159. The van der Waals surface area contributed by atoms with Crippen LogP contribution in [0.25, 0.3) is 0 Å². The first-order valence-electron chi connectivity index (χ1n) is 14.2. The van der Waals surface area contributed by atoms with Crippen LogP contribution < -0.4 is 10.6 Å². The lowest BCUT2D eigenvalue weighted by atomic mass is 9.77. The Morgan fingerprint density at radius 2 is 1.69 bits per heavy atom. The second-order valence-corrected chi connectivity index (χ2v) is 11.8. The highest BCUT2D eigenvalue weighted by Gasteiger charge is 2.46. The summed E-state index contributed by atoms with van der Waals surface area (Å²) in [5.41, 5.74) is -0.771. The SMILES string of the molecule is CCOC(=O)C1CCCC(NC(=O)C2(CC(NC(=O)OCc3ccccc3)C(=O)OC(C)(C)C)CCCC2)C1. The first kappa shape index (κ1) is 30.4. The molecule has 0 saturated heterocycles. The number of carbonyl (C=O) groups is 4. The molecule has 9 heteroatoms. The van der Waals surface area contributed by atoms with Crippen molar-refractivity contribution in [2.75, 3.05) is 6.61 Å².